The van der Waals surface area contributed by atoms with Crippen LogP contribution in [0, 0.1) is 12.3 Å². The van der Waals surface area contributed by atoms with Gasteiger partial charge in [0.05, 0.1) is 24.3 Å². The fourth-order valence-electron chi connectivity index (χ4n) is 3.86. The molecule has 0 unspecified atom stereocenters. The van der Waals surface area contributed by atoms with Crippen molar-refractivity contribution in [3.05, 3.63) is 84.0 Å². The van der Waals surface area contributed by atoms with Crippen LogP contribution < -0.4 is 15.5 Å². The molecule has 4 rings (SSSR count). The van der Waals surface area contributed by atoms with Crippen LogP contribution in [0.4, 0.5) is 16.2 Å². The topological polar surface area (TPSA) is 107 Å². The number of Topliss-reactive ketones (excluding diaryl/α,β-unsaturated/α-hetero) is 1. The van der Waals surface area contributed by atoms with Crippen LogP contribution in [0.3, 0.4) is 0 Å². The number of rotatable bonds is 5. The highest BCUT2D eigenvalue weighted by molar-refractivity contribution is 6.10. The molecular formula is C27H29N5O3. The van der Waals surface area contributed by atoms with Gasteiger partial charge < -0.3 is 20.5 Å². The number of aromatic amines is 1. The molecule has 0 fully saturated rings. The second kappa shape index (κ2) is 9.58. The summed E-state index contributed by atoms with van der Waals surface area (Å²) in [6.45, 7) is 7.28. The molecule has 2 aromatic carbocycles. The molecule has 2 heterocycles. The maximum absolute atomic E-state index is 13.8. The van der Waals surface area contributed by atoms with E-state index in [2.05, 4.69) is 20.6 Å². The first-order valence-electron chi connectivity index (χ1n) is 11.4. The number of hydrogen-bond donors (Lipinski definition) is 3. The Labute approximate surface area is 204 Å². The number of nitrogens with one attached hydrogen (secondary N) is 3. The van der Waals surface area contributed by atoms with E-state index in [9.17, 15) is 14.4 Å². The summed E-state index contributed by atoms with van der Waals surface area (Å²) >= 11 is 0. The van der Waals surface area contributed by atoms with Crippen molar-refractivity contribution in [2.75, 3.05) is 16.8 Å². The lowest BCUT2D eigenvalue weighted by Gasteiger charge is -2.28. The molecule has 3 N–H and O–H groups in total. The summed E-state index contributed by atoms with van der Waals surface area (Å²) in [5.74, 6) is -0.494. The second-order valence-electron chi connectivity index (χ2n) is 9.60. The van der Waals surface area contributed by atoms with Crippen LogP contribution in [0.2, 0.25) is 0 Å². The Morgan fingerprint density at radius 3 is 2.57 bits per heavy atom. The molecule has 8 nitrogen and oxygen atoms in total. The molecular weight excluding hydrogens is 442 g/mol. The zero-order chi connectivity index (χ0) is 25.2. The summed E-state index contributed by atoms with van der Waals surface area (Å²) in [5.41, 5.74) is 3.62. The molecule has 0 saturated heterocycles. The standard InChI is InChI=1S/C27H29N5O3/c1-17-8-7-9-18(12-17)30-26(35)31-21-13-20(22-14-28-16-29-22)19-10-5-6-11-23(19)32(25(21)34)15-24(33)27(2,3)4/h5-14,16,21H,15H2,1-4H3,(H,28,29)(H2,30,31,35)/t21-/m1/s1. The highest BCUT2D eigenvalue weighted by Gasteiger charge is 2.35. The Kier molecular flexibility index (Phi) is 6.55. The van der Waals surface area contributed by atoms with Gasteiger partial charge in [0.1, 0.15) is 6.04 Å². The fraction of sp³-hybridized carbons (Fsp3) is 0.259. The van der Waals surface area contributed by atoms with E-state index in [0.717, 1.165) is 11.1 Å². The van der Waals surface area contributed by atoms with E-state index in [-0.39, 0.29) is 12.3 Å². The average molecular weight is 472 g/mol. The highest BCUT2D eigenvalue weighted by atomic mass is 16.2. The molecule has 3 amide bonds. The predicted octanol–water partition coefficient (Wildman–Crippen LogP) is 4.30. The van der Waals surface area contributed by atoms with Gasteiger partial charge in [-0.05, 0) is 36.8 Å². The third kappa shape index (κ3) is 5.32. The number of nitrogens with zero attached hydrogens (tertiary/aromatic N) is 2. The Morgan fingerprint density at radius 1 is 1.11 bits per heavy atom. The summed E-state index contributed by atoms with van der Waals surface area (Å²) in [5, 5.41) is 5.56. The maximum Gasteiger partial charge on any atom is 0.320 e. The molecule has 3 aromatic rings. The Balaban J connectivity index is 1.73. The minimum atomic E-state index is -1.02. The van der Waals surface area contributed by atoms with Gasteiger partial charge >= 0.3 is 6.03 Å². The number of hydrogen-bond acceptors (Lipinski definition) is 4. The summed E-state index contributed by atoms with van der Waals surface area (Å²) in [7, 11) is 0. The van der Waals surface area contributed by atoms with Crippen LogP contribution in [0.5, 0.6) is 0 Å². The van der Waals surface area contributed by atoms with Crippen LogP contribution in [0.25, 0.3) is 5.57 Å². The van der Waals surface area contributed by atoms with Gasteiger partial charge in [0.25, 0.3) is 5.91 Å². The lowest BCUT2D eigenvalue weighted by molar-refractivity contribution is -0.127. The molecule has 1 atom stereocenters. The zero-order valence-corrected chi connectivity index (χ0v) is 20.3. The monoisotopic (exact) mass is 471 g/mol. The summed E-state index contributed by atoms with van der Waals surface area (Å²) < 4.78 is 0. The molecule has 8 heteroatoms. The van der Waals surface area contributed by atoms with E-state index < -0.39 is 23.4 Å². The van der Waals surface area contributed by atoms with Gasteiger partial charge in [0, 0.05) is 28.4 Å². The number of anilines is 2. The Morgan fingerprint density at radius 2 is 1.89 bits per heavy atom. The van der Waals surface area contributed by atoms with Gasteiger partial charge in [0.15, 0.2) is 5.78 Å². The lowest BCUT2D eigenvalue weighted by atomic mass is 9.90. The number of fused-ring (bicyclic) bond motifs is 1. The molecule has 0 saturated carbocycles. The number of imidazole rings is 1. The van der Waals surface area contributed by atoms with Crippen molar-refractivity contribution in [1.29, 1.82) is 0 Å². The number of aryl methyl sites for hydroxylation is 1. The third-order valence-corrected chi connectivity index (χ3v) is 5.83. The number of urea groups is 1. The molecule has 35 heavy (non-hydrogen) atoms. The summed E-state index contributed by atoms with van der Waals surface area (Å²) in [4.78, 5) is 48.4. The second-order valence-corrected chi connectivity index (χ2v) is 9.60. The van der Waals surface area contributed by atoms with E-state index in [1.165, 1.54) is 4.90 Å². The predicted molar refractivity (Wildman–Crippen MR) is 136 cm³/mol. The molecule has 1 aliphatic heterocycles. The van der Waals surface area contributed by atoms with Gasteiger partial charge in [-0.1, -0.05) is 51.1 Å². The molecule has 0 radical (unpaired) electrons. The number of H-pyrrole nitrogens is 1. The van der Waals surface area contributed by atoms with Crippen LogP contribution in [-0.4, -0.2) is 40.3 Å². The van der Waals surface area contributed by atoms with E-state index >= 15 is 0 Å². The number of carbonyl (C=O) groups excluding carboxylic acids is 3. The minimum absolute atomic E-state index is 0.0909. The van der Waals surface area contributed by atoms with Crippen LogP contribution in [0.15, 0.2) is 67.1 Å². The van der Waals surface area contributed by atoms with Crippen molar-refractivity contribution in [1.82, 2.24) is 15.3 Å². The van der Waals surface area contributed by atoms with Crippen molar-refractivity contribution >= 4 is 34.7 Å². The van der Waals surface area contributed by atoms with Crippen LogP contribution in [-0.2, 0) is 9.59 Å². The first-order chi connectivity index (χ1) is 16.6. The third-order valence-electron chi connectivity index (χ3n) is 5.83. The van der Waals surface area contributed by atoms with E-state index in [0.29, 0.717) is 22.6 Å². The highest BCUT2D eigenvalue weighted by Crippen LogP contribution is 2.35. The number of para-hydroxylation sites is 1. The number of benzene rings is 2. The van der Waals surface area contributed by atoms with Gasteiger partial charge in [0.2, 0.25) is 0 Å². The fourth-order valence-corrected chi connectivity index (χ4v) is 3.86. The van der Waals surface area contributed by atoms with Gasteiger partial charge in [-0.3, -0.25) is 9.59 Å². The van der Waals surface area contributed by atoms with Crippen molar-refractivity contribution in [3.8, 4) is 0 Å². The smallest absolute Gasteiger partial charge is 0.320 e. The molecule has 180 valence electrons. The summed E-state index contributed by atoms with van der Waals surface area (Å²) in [6, 6.07) is 13.2. The molecule has 1 aliphatic rings. The largest absolute Gasteiger partial charge is 0.351 e. The number of ketones is 1. The van der Waals surface area contributed by atoms with Crippen LogP contribution in [0.1, 0.15) is 37.6 Å². The molecule has 0 aliphatic carbocycles. The zero-order valence-electron chi connectivity index (χ0n) is 20.3. The Hall–Kier alpha value is -4.20. The lowest BCUT2D eigenvalue weighted by Crippen LogP contribution is -2.50. The number of carbonyl (C=O) groups is 3. The SMILES string of the molecule is Cc1cccc(NC(=O)N[C@@H]2C=C(c3c[nH]cn3)c3ccccc3N(CC(=O)C(C)(C)C)C2=O)c1. The van der Waals surface area contributed by atoms with Gasteiger partial charge in [-0.2, -0.15) is 0 Å². The first kappa shape index (κ1) is 23.9. The van der Waals surface area contributed by atoms with E-state index in [4.69, 9.17) is 0 Å². The minimum Gasteiger partial charge on any atom is -0.351 e. The first-order valence-corrected chi connectivity index (χ1v) is 11.4. The van der Waals surface area contributed by atoms with E-state index in [1.807, 2.05) is 64.1 Å². The quantitative estimate of drug-likeness (QED) is 0.516. The molecule has 1 aromatic heterocycles. The molecule has 0 bridgehead atoms. The average Bonchev–Trinajstić information content (AvgIpc) is 3.30. The van der Waals surface area contributed by atoms with Crippen molar-refractivity contribution < 1.29 is 14.4 Å². The van der Waals surface area contributed by atoms with Gasteiger partial charge in [-0.25, -0.2) is 9.78 Å². The molecule has 0 spiro atoms. The van der Waals surface area contributed by atoms with Crippen molar-refractivity contribution in [2.45, 2.75) is 33.7 Å². The normalized spacial score (nSPS) is 15.7. The van der Waals surface area contributed by atoms with Crippen molar-refractivity contribution in [2.24, 2.45) is 5.41 Å². The number of aromatic nitrogens is 2. The number of amides is 3. The summed E-state index contributed by atoms with van der Waals surface area (Å²) in [6.07, 6.45) is 4.97. The Bertz CT molecular complexity index is 1290. The maximum atomic E-state index is 13.8. The van der Waals surface area contributed by atoms with Crippen LogP contribution >= 0.6 is 0 Å². The van der Waals surface area contributed by atoms with Crippen molar-refractivity contribution in [3.63, 3.8) is 0 Å². The van der Waals surface area contributed by atoms with Gasteiger partial charge in [-0.15, -0.1) is 0 Å². The van der Waals surface area contributed by atoms with E-state index in [1.54, 1.807) is 30.7 Å².